The first-order valence-electron chi connectivity index (χ1n) is 10.4. The van der Waals surface area contributed by atoms with Gasteiger partial charge in [-0.25, -0.2) is 0 Å². The Kier molecular flexibility index (Phi) is 6.11. The zero-order chi connectivity index (χ0) is 21.1. The Morgan fingerprint density at radius 1 is 1.03 bits per heavy atom. The van der Waals surface area contributed by atoms with Crippen molar-refractivity contribution in [1.29, 1.82) is 0 Å². The molecule has 1 atom stereocenters. The van der Waals surface area contributed by atoms with Crippen LogP contribution in [0.4, 0.5) is 5.69 Å². The molecule has 160 valence electrons. The molecule has 0 aliphatic carbocycles. The Bertz CT molecular complexity index is 877. The highest BCUT2D eigenvalue weighted by atomic mass is 16.7. The van der Waals surface area contributed by atoms with E-state index in [-0.39, 0.29) is 18.7 Å². The van der Waals surface area contributed by atoms with Crippen molar-refractivity contribution in [3.05, 3.63) is 53.6 Å². The molecule has 0 saturated carbocycles. The Labute approximate surface area is 178 Å². The molecule has 2 aliphatic heterocycles. The van der Waals surface area contributed by atoms with Gasteiger partial charge in [0.15, 0.2) is 11.5 Å². The Morgan fingerprint density at radius 2 is 1.73 bits per heavy atom. The highest BCUT2D eigenvalue weighted by Gasteiger charge is 2.25. The van der Waals surface area contributed by atoms with Crippen molar-refractivity contribution < 1.29 is 14.3 Å². The molecule has 0 radical (unpaired) electrons. The van der Waals surface area contributed by atoms with Crippen LogP contribution in [0.25, 0.3) is 0 Å². The molecule has 0 aromatic heterocycles. The molecule has 2 aliphatic rings. The van der Waals surface area contributed by atoms with Gasteiger partial charge in [-0.15, -0.1) is 0 Å². The first kappa shape index (κ1) is 20.5. The smallest absolute Gasteiger partial charge is 0.251 e. The largest absolute Gasteiger partial charge is 0.454 e. The minimum absolute atomic E-state index is 0.0997. The topological polar surface area (TPSA) is 57.3 Å². The van der Waals surface area contributed by atoms with Crippen molar-refractivity contribution >= 4 is 11.6 Å². The Morgan fingerprint density at radius 3 is 2.43 bits per heavy atom. The molecule has 1 N–H and O–H groups in total. The van der Waals surface area contributed by atoms with Crippen molar-refractivity contribution in [3.63, 3.8) is 0 Å². The van der Waals surface area contributed by atoms with E-state index in [1.165, 1.54) is 11.3 Å². The lowest BCUT2D eigenvalue weighted by Gasteiger charge is -2.38. The van der Waals surface area contributed by atoms with Gasteiger partial charge < -0.3 is 24.6 Å². The normalized spacial score (nSPS) is 17.6. The van der Waals surface area contributed by atoms with E-state index in [1.54, 1.807) is 18.2 Å². The van der Waals surface area contributed by atoms with Crippen molar-refractivity contribution in [1.82, 2.24) is 15.1 Å². The van der Waals surface area contributed by atoms with Crippen LogP contribution in [0.15, 0.2) is 42.5 Å². The molecular weight excluding hydrogens is 380 g/mol. The molecule has 1 amide bonds. The van der Waals surface area contributed by atoms with E-state index in [2.05, 4.69) is 51.3 Å². The van der Waals surface area contributed by atoms with Crippen LogP contribution in [0.5, 0.6) is 11.5 Å². The van der Waals surface area contributed by atoms with Crippen LogP contribution < -0.4 is 19.7 Å². The fraction of sp³-hybridized carbons (Fsp3) is 0.435. The van der Waals surface area contributed by atoms with Crippen LogP contribution in [-0.4, -0.2) is 76.4 Å². The second-order valence-electron chi connectivity index (χ2n) is 8.12. The lowest BCUT2D eigenvalue weighted by molar-refractivity contribution is 0.0886. The molecule has 30 heavy (non-hydrogen) atoms. The zero-order valence-electron chi connectivity index (χ0n) is 17.9. The maximum atomic E-state index is 12.8. The second-order valence-corrected chi connectivity index (χ2v) is 8.12. The third-order valence-electron chi connectivity index (χ3n) is 5.86. The summed E-state index contributed by atoms with van der Waals surface area (Å²) in [5.41, 5.74) is 2.97. The molecule has 7 nitrogen and oxygen atoms in total. The zero-order valence-corrected chi connectivity index (χ0v) is 17.9. The number of nitrogens with one attached hydrogen (secondary N) is 1. The molecule has 2 heterocycles. The highest BCUT2D eigenvalue weighted by Crippen LogP contribution is 2.32. The summed E-state index contributed by atoms with van der Waals surface area (Å²) < 4.78 is 10.7. The third kappa shape index (κ3) is 4.52. The summed E-state index contributed by atoms with van der Waals surface area (Å²) in [6.45, 7) is 4.78. The number of benzene rings is 2. The van der Waals surface area contributed by atoms with E-state index in [0.29, 0.717) is 23.6 Å². The Balaban J connectivity index is 1.48. The summed E-state index contributed by atoms with van der Waals surface area (Å²) in [4.78, 5) is 19.7. The SMILES string of the molecule is CN1CCN(C(CNC(=O)c2ccc3c(c2)OCO3)c2ccc(N(C)C)cc2)CC1. The molecular formula is C23H30N4O3. The van der Waals surface area contributed by atoms with E-state index >= 15 is 0 Å². The first-order chi connectivity index (χ1) is 14.5. The van der Waals surface area contributed by atoms with Crippen LogP contribution in [-0.2, 0) is 0 Å². The highest BCUT2D eigenvalue weighted by molar-refractivity contribution is 5.95. The number of anilines is 1. The van der Waals surface area contributed by atoms with Gasteiger partial charge in [-0.1, -0.05) is 12.1 Å². The molecule has 4 rings (SSSR count). The number of fused-ring (bicyclic) bond motifs is 1. The van der Waals surface area contributed by atoms with E-state index in [1.807, 2.05) is 14.1 Å². The number of carbonyl (C=O) groups excluding carboxylic acids is 1. The van der Waals surface area contributed by atoms with Crippen molar-refractivity contribution in [2.24, 2.45) is 0 Å². The van der Waals surface area contributed by atoms with Crippen LogP contribution in [0, 0.1) is 0 Å². The number of amides is 1. The third-order valence-corrected chi connectivity index (χ3v) is 5.86. The molecule has 0 bridgehead atoms. The maximum absolute atomic E-state index is 12.8. The lowest BCUT2D eigenvalue weighted by atomic mass is 10.0. The fourth-order valence-electron chi connectivity index (χ4n) is 3.92. The molecule has 1 unspecified atom stereocenters. The maximum Gasteiger partial charge on any atom is 0.251 e. The summed E-state index contributed by atoms with van der Waals surface area (Å²) >= 11 is 0. The number of nitrogens with zero attached hydrogens (tertiary/aromatic N) is 3. The van der Waals surface area contributed by atoms with Gasteiger partial charge >= 0.3 is 0 Å². The molecule has 0 spiro atoms. The first-order valence-corrected chi connectivity index (χ1v) is 10.4. The van der Waals surface area contributed by atoms with Crippen molar-refractivity contribution in [2.75, 3.05) is 65.6 Å². The Hall–Kier alpha value is -2.77. The number of likely N-dealkylation sites (N-methyl/N-ethyl adjacent to an activating group) is 1. The molecule has 2 aromatic rings. The standard InChI is InChI=1S/C23H30N4O3/c1-25(2)19-7-4-17(5-8-19)20(27-12-10-26(3)11-13-27)15-24-23(28)18-6-9-21-22(14-18)30-16-29-21/h4-9,14,20H,10-13,15-16H2,1-3H3,(H,24,28). The number of hydrogen-bond acceptors (Lipinski definition) is 6. The number of ether oxygens (including phenoxy) is 2. The number of hydrogen-bond donors (Lipinski definition) is 1. The average Bonchev–Trinajstić information content (AvgIpc) is 3.23. The van der Waals surface area contributed by atoms with Gasteiger partial charge in [-0.3, -0.25) is 9.69 Å². The minimum atomic E-state index is -0.0997. The predicted molar refractivity (Wildman–Crippen MR) is 117 cm³/mol. The van der Waals surface area contributed by atoms with Crippen LogP contribution in [0.1, 0.15) is 22.0 Å². The fourth-order valence-corrected chi connectivity index (χ4v) is 3.92. The summed E-state index contributed by atoms with van der Waals surface area (Å²) in [5, 5.41) is 3.13. The summed E-state index contributed by atoms with van der Waals surface area (Å²) in [5.74, 6) is 1.21. The molecule has 7 heteroatoms. The monoisotopic (exact) mass is 410 g/mol. The number of carbonyl (C=O) groups is 1. The average molecular weight is 411 g/mol. The van der Waals surface area contributed by atoms with Gasteiger partial charge in [-0.05, 0) is 42.9 Å². The van der Waals surface area contributed by atoms with Crippen molar-refractivity contribution in [2.45, 2.75) is 6.04 Å². The number of piperazine rings is 1. The minimum Gasteiger partial charge on any atom is -0.454 e. The molecule has 2 aromatic carbocycles. The summed E-state index contributed by atoms with van der Waals surface area (Å²) in [6, 6.07) is 14.1. The van der Waals surface area contributed by atoms with Gasteiger partial charge in [0.25, 0.3) is 5.91 Å². The quantitative estimate of drug-likeness (QED) is 0.788. The van der Waals surface area contributed by atoms with Gasteiger partial charge in [0.2, 0.25) is 6.79 Å². The van der Waals surface area contributed by atoms with Crippen LogP contribution >= 0.6 is 0 Å². The molecule has 1 saturated heterocycles. The van der Waals surface area contributed by atoms with E-state index in [4.69, 9.17) is 9.47 Å². The van der Waals surface area contributed by atoms with Crippen LogP contribution in [0.3, 0.4) is 0 Å². The van der Waals surface area contributed by atoms with Gasteiger partial charge in [0.1, 0.15) is 0 Å². The van der Waals surface area contributed by atoms with Gasteiger partial charge in [0.05, 0.1) is 6.04 Å². The van der Waals surface area contributed by atoms with Crippen LogP contribution in [0.2, 0.25) is 0 Å². The molecule has 1 fully saturated rings. The second kappa shape index (κ2) is 8.93. The predicted octanol–water partition coefficient (Wildman–Crippen LogP) is 2.20. The summed E-state index contributed by atoms with van der Waals surface area (Å²) in [7, 11) is 6.23. The summed E-state index contributed by atoms with van der Waals surface area (Å²) in [6.07, 6.45) is 0. The van der Waals surface area contributed by atoms with E-state index in [9.17, 15) is 4.79 Å². The van der Waals surface area contributed by atoms with E-state index < -0.39 is 0 Å². The van der Waals surface area contributed by atoms with Gasteiger partial charge in [-0.2, -0.15) is 0 Å². The van der Waals surface area contributed by atoms with Crippen molar-refractivity contribution in [3.8, 4) is 11.5 Å². The number of rotatable bonds is 6. The van der Waals surface area contributed by atoms with E-state index in [0.717, 1.165) is 26.2 Å². The van der Waals surface area contributed by atoms with Gasteiger partial charge in [0, 0.05) is 58.1 Å². The lowest BCUT2D eigenvalue weighted by Crippen LogP contribution is -2.48.